The van der Waals surface area contributed by atoms with Gasteiger partial charge in [-0.05, 0) is 49.6 Å². The van der Waals surface area contributed by atoms with E-state index in [1.165, 1.54) is 0 Å². The molecule has 5 nitrogen and oxygen atoms in total. The third kappa shape index (κ3) is 5.58. The molecule has 5 heteroatoms. The zero-order valence-corrected chi connectivity index (χ0v) is 15.6. The highest BCUT2D eigenvalue weighted by atomic mass is 16.5. The molecule has 27 heavy (non-hydrogen) atoms. The average molecular weight is 367 g/mol. The molecule has 1 fully saturated rings. The summed E-state index contributed by atoms with van der Waals surface area (Å²) in [6.45, 7) is 3.03. The van der Waals surface area contributed by atoms with Gasteiger partial charge in [-0.25, -0.2) is 0 Å². The third-order valence-electron chi connectivity index (χ3n) is 4.46. The summed E-state index contributed by atoms with van der Waals surface area (Å²) in [5.74, 6) is 0.414. The molecule has 0 bridgehead atoms. The Labute approximate surface area is 159 Å². The van der Waals surface area contributed by atoms with Gasteiger partial charge in [-0.15, -0.1) is 0 Å². The lowest BCUT2D eigenvalue weighted by Crippen LogP contribution is -2.35. The Bertz CT molecular complexity index is 754. The van der Waals surface area contributed by atoms with Crippen LogP contribution in [-0.2, 0) is 16.1 Å². The van der Waals surface area contributed by atoms with Crippen molar-refractivity contribution in [2.24, 2.45) is 0 Å². The predicted molar refractivity (Wildman–Crippen MR) is 103 cm³/mol. The summed E-state index contributed by atoms with van der Waals surface area (Å²) in [5, 5.41) is 0. The molecular formula is C22H25NO4. The fraction of sp³-hybridized carbons (Fsp3) is 0.364. The van der Waals surface area contributed by atoms with Crippen molar-refractivity contribution in [3.63, 3.8) is 0 Å². The van der Waals surface area contributed by atoms with Gasteiger partial charge in [0.1, 0.15) is 12.4 Å². The van der Waals surface area contributed by atoms with E-state index in [9.17, 15) is 9.59 Å². The van der Waals surface area contributed by atoms with Crippen LogP contribution in [0.25, 0.3) is 0 Å². The minimum atomic E-state index is -0.263. The van der Waals surface area contributed by atoms with Crippen molar-refractivity contribution >= 4 is 11.9 Å². The maximum absolute atomic E-state index is 12.8. The lowest BCUT2D eigenvalue weighted by Gasteiger charge is -2.22. The van der Waals surface area contributed by atoms with Gasteiger partial charge in [0.25, 0.3) is 5.91 Å². The first kappa shape index (κ1) is 19.0. The summed E-state index contributed by atoms with van der Waals surface area (Å²) in [7, 11) is 0. The minimum absolute atomic E-state index is 0.0450. The Kier molecular flexibility index (Phi) is 6.47. The highest BCUT2D eigenvalue weighted by Crippen LogP contribution is 2.29. The van der Waals surface area contributed by atoms with Gasteiger partial charge in [-0.2, -0.15) is 0 Å². The Morgan fingerprint density at radius 2 is 1.74 bits per heavy atom. The molecule has 0 heterocycles. The van der Waals surface area contributed by atoms with E-state index in [0.29, 0.717) is 25.3 Å². The van der Waals surface area contributed by atoms with Crippen LogP contribution in [0.1, 0.15) is 42.1 Å². The Morgan fingerprint density at radius 1 is 1.04 bits per heavy atom. The minimum Gasteiger partial charge on any atom is -0.489 e. The van der Waals surface area contributed by atoms with Crippen LogP contribution in [0.3, 0.4) is 0 Å². The standard InChI is InChI=1S/C22H25NO4/c1-2-26-21(24)14-15-23(19-10-11-19)22(25)18-8-12-20(13-9-18)27-16-17-6-4-3-5-7-17/h3-9,12-13,19H,2,10-11,14-16H2,1H3. The molecule has 0 aromatic heterocycles. The molecule has 0 N–H and O–H groups in total. The fourth-order valence-corrected chi connectivity index (χ4v) is 2.88. The monoisotopic (exact) mass is 367 g/mol. The van der Waals surface area contributed by atoms with Gasteiger partial charge in [-0.1, -0.05) is 30.3 Å². The number of rotatable bonds is 9. The van der Waals surface area contributed by atoms with Crippen LogP contribution in [0.15, 0.2) is 54.6 Å². The molecule has 0 unspecified atom stereocenters. The Morgan fingerprint density at radius 3 is 2.37 bits per heavy atom. The molecule has 2 aromatic carbocycles. The Balaban J connectivity index is 1.57. The van der Waals surface area contributed by atoms with Crippen LogP contribution >= 0.6 is 0 Å². The second kappa shape index (κ2) is 9.21. The van der Waals surface area contributed by atoms with Gasteiger partial charge in [0.05, 0.1) is 13.0 Å². The maximum Gasteiger partial charge on any atom is 0.307 e. The number of ether oxygens (including phenoxy) is 2. The van der Waals surface area contributed by atoms with Crippen LogP contribution < -0.4 is 4.74 Å². The highest BCUT2D eigenvalue weighted by Gasteiger charge is 2.33. The second-order valence-corrected chi connectivity index (χ2v) is 6.58. The first-order valence-corrected chi connectivity index (χ1v) is 9.40. The number of benzene rings is 2. The molecule has 0 atom stereocenters. The van der Waals surface area contributed by atoms with Crippen molar-refractivity contribution in [2.75, 3.05) is 13.2 Å². The van der Waals surface area contributed by atoms with Crippen molar-refractivity contribution in [2.45, 2.75) is 38.8 Å². The van der Waals surface area contributed by atoms with Crippen LogP contribution in [0.5, 0.6) is 5.75 Å². The molecule has 142 valence electrons. The van der Waals surface area contributed by atoms with E-state index >= 15 is 0 Å². The smallest absolute Gasteiger partial charge is 0.307 e. The fourth-order valence-electron chi connectivity index (χ4n) is 2.88. The number of carbonyl (C=O) groups excluding carboxylic acids is 2. The van der Waals surface area contributed by atoms with Gasteiger partial charge in [0.2, 0.25) is 0 Å². The largest absolute Gasteiger partial charge is 0.489 e. The van der Waals surface area contributed by atoms with Gasteiger partial charge in [-0.3, -0.25) is 9.59 Å². The predicted octanol–water partition coefficient (Wildman–Crippen LogP) is 3.82. The average Bonchev–Trinajstić information content (AvgIpc) is 3.53. The number of hydrogen-bond donors (Lipinski definition) is 0. The second-order valence-electron chi connectivity index (χ2n) is 6.58. The zero-order chi connectivity index (χ0) is 19.1. The van der Waals surface area contributed by atoms with Crippen LogP contribution in [0, 0.1) is 0 Å². The van der Waals surface area contributed by atoms with Crippen molar-refractivity contribution in [3.8, 4) is 5.75 Å². The van der Waals surface area contributed by atoms with E-state index in [1.807, 2.05) is 42.5 Å². The van der Waals surface area contributed by atoms with Crippen molar-refractivity contribution in [1.29, 1.82) is 0 Å². The summed E-state index contributed by atoms with van der Waals surface area (Å²) < 4.78 is 10.7. The summed E-state index contributed by atoms with van der Waals surface area (Å²) in [6, 6.07) is 17.4. The number of carbonyl (C=O) groups is 2. The lowest BCUT2D eigenvalue weighted by molar-refractivity contribution is -0.143. The summed E-state index contributed by atoms with van der Waals surface area (Å²) in [6.07, 6.45) is 2.22. The first-order chi connectivity index (χ1) is 13.2. The van der Waals surface area contributed by atoms with E-state index in [4.69, 9.17) is 9.47 Å². The van der Waals surface area contributed by atoms with Crippen molar-refractivity contribution in [3.05, 3.63) is 65.7 Å². The van der Waals surface area contributed by atoms with Crippen molar-refractivity contribution < 1.29 is 19.1 Å². The van der Waals surface area contributed by atoms with E-state index in [1.54, 1.807) is 24.0 Å². The van der Waals surface area contributed by atoms with E-state index in [-0.39, 0.29) is 24.3 Å². The van der Waals surface area contributed by atoms with E-state index < -0.39 is 0 Å². The summed E-state index contributed by atoms with van der Waals surface area (Å²) in [5.41, 5.74) is 1.70. The molecule has 0 aliphatic heterocycles. The normalized spacial score (nSPS) is 13.1. The topological polar surface area (TPSA) is 55.8 Å². The first-order valence-electron chi connectivity index (χ1n) is 9.40. The van der Waals surface area contributed by atoms with Gasteiger partial charge >= 0.3 is 5.97 Å². The molecule has 2 aromatic rings. The zero-order valence-electron chi connectivity index (χ0n) is 15.6. The van der Waals surface area contributed by atoms with Gasteiger partial charge < -0.3 is 14.4 Å². The lowest BCUT2D eigenvalue weighted by atomic mass is 10.1. The molecule has 1 amide bonds. The SMILES string of the molecule is CCOC(=O)CCN(C(=O)c1ccc(OCc2ccccc2)cc1)C1CC1. The molecule has 0 spiro atoms. The molecular weight excluding hydrogens is 342 g/mol. The maximum atomic E-state index is 12.8. The number of hydrogen-bond acceptors (Lipinski definition) is 4. The summed E-state index contributed by atoms with van der Waals surface area (Å²) >= 11 is 0. The molecule has 1 aliphatic rings. The quantitative estimate of drug-likeness (QED) is 0.632. The van der Waals surface area contributed by atoms with Crippen LogP contribution in [-0.4, -0.2) is 36.0 Å². The molecule has 3 rings (SSSR count). The van der Waals surface area contributed by atoms with E-state index in [2.05, 4.69) is 0 Å². The van der Waals surface area contributed by atoms with Gasteiger partial charge in [0.15, 0.2) is 0 Å². The third-order valence-corrected chi connectivity index (χ3v) is 4.46. The van der Waals surface area contributed by atoms with Gasteiger partial charge in [0, 0.05) is 18.2 Å². The molecule has 1 aliphatic carbocycles. The summed E-state index contributed by atoms with van der Waals surface area (Å²) in [4.78, 5) is 26.2. The van der Waals surface area contributed by atoms with Crippen molar-refractivity contribution in [1.82, 2.24) is 4.90 Å². The van der Waals surface area contributed by atoms with Crippen LogP contribution in [0.4, 0.5) is 0 Å². The molecule has 1 saturated carbocycles. The number of esters is 1. The number of nitrogens with zero attached hydrogens (tertiary/aromatic N) is 1. The van der Waals surface area contributed by atoms with E-state index in [0.717, 1.165) is 24.2 Å². The Hall–Kier alpha value is -2.82. The molecule has 0 saturated heterocycles. The molecule has 0 radical (unpaired) electrons. The van der Waals surface area contributed by atoms with Crippen LogP contribution in [0.2, 0.25) is 0 Å². The number of amides is 1. The highest BCUT2D eigenvalue weighted by molar-refractivity contribution is 5.95.